The number of hydrazone groups is 1. The van der Waals surface area contributed by atoms with Gasteiger partial charge in [0.1, 0.15) is 5.82 Å². The molecule has 2 heterocycles. The predicted octanol–water partition coefficient (Wildman–Crippen LogP) is 3.39. The molecule has 126 valence electrons. The van der Waals surface area contributed by atoms with E-state index >= 15 is 0 Å². The maximum Gasteiger partial charge on any atom is 0.271 e. The van der Waals surface area contributed by atoms with Crippen molar-refractivity contribution >= 4 is 12.1 Å². The molecule has 3 rings (SSSR count). The highest BCUT2D eigenvalue weighted by Gasteiger charge is 2.12. The second kappa shape index (κ2) is 7.09. The fourth-order valence-corrected chi connectivity index (χ4v) is 2.65. The molecule has 5 nitrogen and oxygen atoms in total. The van der Waals surface area contributed by atoms with Gasteiger partial charge in [-0.3, -0.25) is 9.78 Å². The highest BCUT2D eigenvalue weighted by molar-refractivity contribution is 5.94. The second-order valence-corrected chi connectivity index (χ2v) is 5.55. The molecule has 1 N–H and O–H groups in total. The molecule has 0 spiro atoms. The summed E-state index contributed by atoms with van der Waals surface area (Å²) in [7, 11) is 0. The average molecular weight is 336 g/mol. The maximum atomic E-state index is 14.1. The third kappa shape index (κ3) is 3.47. The molecular weight excluding hydrogens is 319 g/mol. The number of para-hydroxylation sites is 1. The van der Waals surface area contributed by atoms with Gasteiger partial charge in [0.05, 0.1) is 11.9 Å². The molecule has 0 fully saturated rings. The second-order valence-electron chi connectivity index (χ2n) is 5.55. The summed E-state index contributed by atoms with van der Waals surface area (Å²) < 4.78 is 15.9. The van der Waals surface area contributed by atoms with Crippen molar-refractivity contribution in [3.8, 4) is 5.69 Å². The Morgan fingerprint density at radius 1 is 1.20 bits per heavy atom. The summed E-state index contributed by atoms with van der Waals surface area (Å²) in [5, 5.41) is 4.00. The van der Waals surface area contributed by atoms with Gasteiger partial charge in [-0.2, -0.15) is 5.10 Å². The van der Waals surface area contributed by atoms with Gasteiger partial charge >= 0.3 is 0 Å². The van der Waals surface area contributed by atoms with E-state index in [4.69, 9.17) is 0 Å². The first-order valence-electron chi connectivity index (χ1n) is 7.75. The zero-order valence-corrected chi connectivity index (χ0v) is 13.9. The van der Waals surface area contributed by atoms with Gasteiger partial charge in [0.15, 0.2) is 0 Å². The van der Waals surface area contributed by atoms with Gasteiger partial charge in [0.25, 0.3) is 5.91 Å². The first-order valence-corrected chi connectivity index (χ1v) is 7.75. The number of carbonyl (C=O) groups is 1. The molecule has 1 amide bonds. The Kier molecular flexibility index (Phi) is 4.70. The van der Waals surface area contributed by atoms with Gasteiger partial charge < -0.3 is 4.57 Å². The van der Waals surface area contributed by atoms with Crippen LogP contribution in [0.1, 0.15) is 27.3 Å². The Bertz CT molecular complexity index is 932. The fourth-order valence-electron chi connectivity index (χ4n) is 2.65. The lowest BCUT2D eigenvalue weighted by Gasteiger charge is -2.10. The van der Waals surface area contributed by atoms with Gasteiger partial charge in [-0.25, -0.2) is 9.82 Å². The number of nitrogens with zero attached hydrogens (tertiary/aromatic N) is 3. The van der Waals surface area contributed by atoms with Crippen molar-refractivity contribution in [1.29, 1.82) is 0 Å². The number of hydrogen-bond acceptors (Lipinski definition) is 3. The summed E-state index contributed by atoms with van der Waals surface area (Å²) in [5.74, 6) is -0.611. The Labute approximate surface area is 144 Å². The normalized spacial score (nSPS) is 11.0. The first-order chi connectivity index (χ1) is 12.1. The molecule has 2 aromatic heterocycles. The number of nitrogens with one attached hydrogen (secondary N) is 1. The van der Waals surface area contributed by atoms with Gasteiger partial charge in [-0.15, -0.1) is 0 Å². The monoisotopic (exact) mass is 336 g/mol. The molecule has 0 atom stereocenters. The summed E-state index contributed by atoms with van der Waals surface area (Å²) >= 11 is 0. The zero-order chi connectivity index (χ0) is 17.8. The highest BCUT2D eigenvalue weighted by Crippen LogP contribution is 2.21. The summed E-state index contributed by atoms with van der Waals surface area (Å²) in [6.07, 6.45) is 4.64. The topological polar surface area (TPSA) is 59.3 Å². The van der Waals surface area contributed by atoms with Crippen LogP contribution in [0.5, 0.6) is 0 Å². The Morgan fingerprint density at radius 3 is 2.64 bits per heavy atom. The van der Waals surface area contributed by atoms with Crippen LogP contribution in [0.15, 0.2) is 60.0 Å². The van der Waals surface area contributed by atoms with Crippen LogP contribution >= 0.6 is 0 Å². The number of amides is 1. The van der Waals surface area contributed by atoms with Gasteiger partial charge in [-0.05, 0) is 44.2 Å². The van der Waals surface area contributed by atoms with E-state index in [2.05, 4.69) is 15.5 Å². The van der Waals surface area contributed by atoms with E-state index in [1.165, 1.54) is 6.07 Å². The molecule has 0 aliphatic carbocycles. The number of aromatic nitrogens is 2. The van der Waals surface area contributed by atoms with Crippen molar-refractivity contribution in [3.05, 3.63) is 83.2 Å². The third-order valence-corrected chi connectivity index (χ3v) is 3.88. The molecule has 0 aliphatic heterocycles. The lowest BCUT2D eigenvalue weighted by molar-refractivity contribution is 0.0955. The lowest BCUT2D eigenvalue weighted by Crippen LogP contribution is -2.17. The fraction of sp³-hybridized carbons (Fsp3) is 0.105. The standard InChI is InChI=1S/C19H17FN4O/c1-13-11-16(12-22-23-19(25)15-7-9-21-10-8-15)14(2)24(13)18-6-4-3-5-17(18)20/h3-12H,1-2H3,(H,23,25). The van der Waals surface area contributed by atoms with Crippen LogP contribution in [-0.2, 0) is 0 Å². The first kappa shape index (κ1) is 16.6. The maximum absolute atomic E-state index is 14.1. The minimum Gasteiger partial charge on any atom is -0.315 e. The molecule has 1 aromatic carbocycles. The molecule has 0 saturated heterocycles. The minimum atomic E-state index is -0.318. The number of pyridine rings is 1. The van der Waals surface area contributed by atoms with E-state index in [9.17, 15) is 9.18 Å². The van der Waals surface area contributed by atoms with E-state index in [0.29, 0.717) is 11.3 Å². The van der Waals surface area contributed by atoms with Crippen LogP contribution in [0.3, 0.4) is 0 Å². The highest BCUT2D eigenvalue weighted by atomic mass is 19.1. The van der Waals surface area contributed by atoms with Crippen molar-refractivity contribution in [2.75, 3.05) is 0 Å². The van der Waals surface area contributed by atoms with Gasteiger partial charge in [0, 0.05) is 34.9 Å². The molecule has 6 heteroatoms. The lowest BCUT2D eigenvalue weighted by atomic mass is 10.2. The van der Waals surface area contributed by atoms with Crippen LogP contribution in [0.25, 0.3) is 5.69 Å². The summed E-state index contributed by atoms with van der Waals surface area (Å²) in [5.41, 5.74) is 5.95. The zero-order valence-electron chi connectivity index (χ0n) is 13.9. The van der Waals surface area contributed by atoms with Crippen LogP contribution in [0.4, 0.5) is 4.39 Å². The molecule has 0 unspecified atom stereocenters. The van der Waals surface area contributed by atoms with Crippen LogP contribution in [0.2, 0.25) is 0 Å². The van der Waals surface area contributed by atoms with E-state index in [0.717, 1.165) is 17.0 Å². The smallest absolute Gasteiger partial charge is 0.271 e. The number of carbonyl (C=O) groups excluding carboxylic acids is 1. The van der Waals surface area contributed by atoms with Crippen molar-refractivity contribution in [2.45, 2.75) is 13.8 Å². The Hall–Kier alpha value is -3.28. The number of hydrogen-bond donors (Lipinski definition) is 1. The predicted molar refractivity (Wildman–Crippen MR) is 94.5 cm³/mol. The summed E-state index contributed by atoms with van der Waals surface area (Å²) in [6, 6.07) is 11.7. The molecule has 0 radical (unpaired) electrons. The largest absolute Gasteiger partial charge is 0.315 e. The van der Waals surface area contributed by atoms with Crippen LogP contribution in [-0.4, -0.2) is 21.7 Å². The Balaban J connectivity index is 1.82. The molecule has 0 aliphatic rings. The van der Waals surface area contributed by atoms with Crippen molar-refractivity contribution in [3.63, 3.8) is 0 Å². The Morgan fingerprint density at radius 2 is 1.92 bits per heavy atom. The molecule has 3 aromatic rings. The number of halogens is 1. The van der Waals surface area contributed by atoms with Crippen molar-refractivity contribution in [2.24, 2.45) is 5.10 Å². The molecule has 25 heavy (non-hydrogen) atoms. The number of aryl methyl sites for hydroxylation is 1. The number of benzene rings is 1. The average Bonchev–Trinajstić information content (AvgIpc) is 2.90. The summed E-state index contributed by atoms with van der Waals surface area (Å²) in [4.78, 5) is 15.8. The van der Waals surface area contributed by atoms with E-state index in [1.807, 2.05) is 24.5 Å². The van der Waals surface area contributed by atoms with Crippen molar-refractivity contribution < 1.29 is 9.18 Å². The minimum absolute atomic E-state index is 0.293. The van der Waals surface area contributed by atoms with E-state index in [-0.39, 0.29) is 11.7 Å². The number of rotatable bonds is 4. The van der Waals surface area contributed by atoms with Crippen molar-refractivity contribution in [1.82, 2.24) is 15.0 Å². The van der Waals surface area contributed by atoms with E-state index < -0.39 is 0 Å². The summed E-state index contributed by atoms with van der Waals surface area (Å²) in [6.45, 7) is 3.78. The third-order valence-electron chi connectivity index (χ3n) is 3.88. The van der Waals surface area contributed by atoms with Crippen LogP contribution in [0, 0.1) is 19.7 Å². The molecule has 0 bridgehead atoms. The van der Waals surface area contributed by atoms with E-state index in [1.54, 1.807) is 48.9 Å². The quantitative estimate of drug-likeness (QED) is 0.586. The van der Waals surface area contributed by atoms with Crippen LogP contribution < -0.4 is 5.43 Å². The molecule has 0 saturated carbocycles. The molecular formula is C19H17FN4O. The van der Waals surface area contributed by atoms with Gasteiger partial charge in [0.2, 0.25) is 0 Å². The SMILES string of the molecule is Cc1cc(C=NNC(=O)c2ccncc2)c(C)n1-c1ccccc1F. The van der Waals surface area contributed by atoms with Gasteiger partial charge in [-0.1, -0.05) is 12.1 Å².